The fourth-order valence-corrected chi connectivity index (χ4v) is 6.13. The Hall–Kier alpha value is -2.38. The maximum Gasteiger partial charge on any atom is 0.280 e. The maximum atomic E-state index is 13.5. The highest BCUT2D eigenvalue weighted by Crippen LogP contribution is 2.70. The van der Waals surface area contributed by atoms with Gasteiger partial charge in [0.05, 0.1) is 5.69 Å². The predicted octanol–water partition coefficient (Wildman–Crippen LogP) is 3.37. The first-order valence-electron chi connectivity index (χ1n) is 10.5. The van der Waals surface area contributed by atoms with Crippen molar-refractivity contribution in [3.63, 3.8) is 0 Å². The van der Waals surface area contributed by atoms with E-state index in [0.29, 0.717) is 29.5 Å². The third-order valence-corrected chi connectivity index (χ3v) is 7.71. The Balaban J connectivity index is 1.25. The van der Waals surface area contributed by atoms with Gasteiger partial charge in [-0.1, -0.05) is 12.2 Å². The van der Waals surface area contributed by atoms with Crippen molar-refractivity contribution in [1.82, 2.24) is 24.5 Å². The van der Waals surface area contributed by atoms with Crippen LogP contribution in [-0.4, -0.2) is 43.5 Å². The summed E-state index contributed by atoms with van der Waals surface area (Å²) < 4.78 is 28.1. The SMILES string of the molecule is O=C([C@@H]1C[C@H]2C=C[C@H]1C21CC1)N1CCC[C@H](c2cc(C(F)F)n3ncnc3n2)C1. The molecular weight excluding hydrogens is 376 g/mol. The number of alkyl halides is 2. The zero-order valence-corrected chi connectivity index (χ0v) is 16.0. The van der Waals surface area contributed by atoms with Gasteiger partial charge in [-0.3, -0.25) is 4.79 Å². The van der Waals surface area contributed by atoms with Crippen LogP contribution >= 0.6 is 0 Å². The number of amides is 1. The third-order valence-electron chi connectivity index (χ3n) is 7.71. The smallest absolute Gasteiger partial charge is 0.280 e. The first-order valence-corrected chi connectivity index (χ1v) is 10.5. The van der Waals surface area contributed by atoms with Crippen LogP contribution in [0.15, 0.2) is 24.5 Å². The second kappa shape index (κ2) is 6.06. The number of carbonyl (C=O) groups is 1. The summed E-state index contributed by atoms with van der Waals surface area (Å²) in [6, 6.07) is 1.43. The van der Waals surface area contributed by atoms with Gasteiger partial charge in [0.15, 0.2) is 0 Å². The van der Waals surface area contributed by atoms with Crippen LogP contribution in [0.4, 0.5) is 8.78 Å². The number of carbonyl (C=O) groups excluding carboxylic acids is 1. The second-order valence-corrected chi connectivity index (χ2v) is 9.09. The van der Waals surface area contributed by atoms with Crippen LogP contribution in [0.1, 0.15) is 55.8 Å². The molecule has 6 rings (SSSR count). The van der Waals surface area contributed by atoms with E-state index >= 15 is 0 Å². The number of aromatic nitrogens is 4. The standard InChI is InChI=1S/C21H23F2N5O/c22-18(23)17-9-16(26-20-24-11-25-28(17)20)12-2-1-7-27(10-12)19(29)14-8-13-3-4-15(14)21(13)5-6-21/h3-4,9,11-15,18H,1-2,5-8,10H2/t12-,13+,14+,15+/m0/s1. The molecule has 8 heteroatoms. The average molecular weight is 399 g/mol. The summed E-state index contributed by atoms with van der Waals surface area (Å²) in [5.74, 6) is 1.46. The van der Waals surface area contributed by atoms with Crippen molar-refractivity contribution >= 4 is 11.7 Å². The zero-order valence-electron chi connectivity index (χ0n) is 16.0. The topological polar surface area (TPSA) is 63.4 Å². The lowest BCUT2D eigenvalue weighted by molar-refractivity contribution is -0.137. The molecule has 1 amide bonds. The molecule has 0 aromatic carbocycles. The van der Waals surface area contributed by atoms with Crippen LogP contribution in [-0.2, 0) is 4.79 Å². The van der Waals surface area contributed by atoms with Gasteiger partial charge in [-0.25, -0.2) is 13.8 Å². The fourth-order valence-electron chi connectivity index (χ4n) is 6.13. The molecule has 0 N–H and O–H groups in total. The van der Waals surface area contributed by atoms with Gasteiger partial charge in [0.1, 0.15) is 12.0 Å². The van der Waals surface area contributed by atoms with Crippen LogP contribution in [0.25, 0.3) is 5.78 Å². The molecule has 4 atom stereocenters. The average Bonchev–Trinajstić information content (AvgIpc) is 3.14. The van der Waals surface area contributed by atoms with Crippen molar-refractivity contribution in [3.05, 3.63) is 35.9 Å². The Bertz CT molecular complexity index is 1010. The molecule has 3 fully saturated rings. The van der Waals surface area contributed by atoms with Crippen LogP contribution in [0.3, 0.4) is 0 Å². The van der Waals surface area contributed by atoms with E-state index < -0.39 is 6.43 Å². The van der Waals surface area contributed by atoms with E-state index in [9.17, 15) is 13.6 Å². The van der Waals surface area contributed by atoms with Crippen molar-refractivity contribution in [2.45, 2.75) is 44.4 Å². The fraction of sp³-hybridized carbons (Fsp3) is 0.619. The highest BCUT2D eigenvalue weighted by Gasteiger charge is 2.64. The number of hydrogen-bond acceptors (Lipinski definition) is 4. The molecule has 4 aliphatic rings. The van der Waals surface area contributed by atoms with Crippen molar-refractivity contribution < 1.29 is 13.6 Å². The Morgan fingerprint density at radius 2 is 2.14 bits per heavy atom. The molecule has 1 aliphatic heterocycles. The molecule has 1 saturated heterocycles. The third kappa shape index (κ3) is 2.50. The summed E-state index contributed by atoms with van der Waals surface area (Å²) in [4.78, 5) is 23.8. The van der Waals surface area contributed by atoms with Gasteiger partial charge in [0.25, 0.3) is 12.2 Å². The lowest BCUT2D eigenvalue weighted by Gasteiger charge is -2.35. The highest BCUT2D eigenvalue weighted by molar-refractivity contribution is 5.81. The van der Waals surface area contributed by atoms with Gasteiger partial charge < -0.3 is 4.90 Å². The number of fused-ring (bicyclic) bond motifs is 1. The Labute approximate surface area is 167 Å². The molecule has 0 radical (unpaired) electrons. The van der Waals surface area contributed by atoms with Gasteiger partial charge in [0, 0.05) is 24.9 Å². The minimum Gasteiger partial charge on any atom is -0.342 e. The van der Waals surface area contributed by atoms with E-state index in [1.165, 1.54) is 25.2 Å². The van der Waals surface area contributed by atoms with Gasteiger partial charge in [-0.05, 0) is 55.4 Å². The number of likely N-dealkylation sites (tertiary alicyclic amines) is 1. The Morgan fingerprint density at radius 3 is 2.90 bits per heavy atom. The van der Waals surface area contributed by atoms with E-state index in [1.807, 2.05) is 4.90 Å². The minimum atomic E-state index is -2.65. The van der Waals surface area contributed by atoms with Crippen molar-refractivity contribution in [2.75, 3.05) is 13.1 Å². The van der Waals surface area contributed by atoms with E-state index in [-0.39, 0.29) is 29.2 Å². The summed E-state index contributed by atoms with van der Waals surface area (Å²) >= 11 is 0. The van der Waals surface area contributed by atoms with Gasteiger partial charge in [0.2, 0.25) is 5.91 Å². The summed E-state index contributed by atoms with van der Waals surface area (Å²) in [5, 5.41) is 3.86. The quantitative estimate of drug-likeness (QED) is 0.743. The molecule has 152 valence electrons. The molecule has 0 unspecified atom stereocenters. The van der Waals surface area contributed by atoms with E-state index in [1.54, 1.807) is 0 Å². The number of rotatable bonds is 3. The van der Waals surface area contributed by atoms with Crippen LogP contribution < -0.4 is 0 Å². The minimum absolute atomic E-state index is 0.0454. The number of nitrogens with zero attached hydrogens (tertiary/aromatic N) is 5. The molecular formula is C21H23F2N5O. The monoisotopic (exact) mass is 399 g/mol. The Morgan fingerprint density at radius 1 is 1.28 bits per heavy atom. The summed E-state index contributed by atoms with van der Waals surface area (Å²) in [5.41, 5.74) is 0.784. The first kappa shape index (κ1) is 17.5. The summed E-state index contributed by atoms with van der Waals surface area (Å²) in [6.45, 7) is 1.29. The molecule has 1 spiro atoms. The van der Waals surface area contributed by atoms with E-state index in [4.69, 9.17) is 0 Å². The number of allylic oxidation sites excluding steroid dienone is 2. The molecule has 2 saturated carbocycles. The molecule has 3 aliphatic carbocycles. The largest absolute Gasteiger partial charge is 0.342 e. The van der Waals surface area contributed by atoms with E-state index in [0.717, 1.165) is 30.3 Å². The molecule has 6 nitrogen and oxygen atoms in total. The number of piperidine rings is 1. The normalized spacial score (nSPS) is 32.0. The van der Waals surface area contributed by atoms with Gasteiger partial charge >= 0.3 is 0 Å². The predicted molar refractivity (Wildman–Crippen MR) is 100 cm³/mol. The molecule has 2 bridgehead atoms. The lowest BCUT2D eigenvalue weighted by atomic mass is 9.86. The maximum absolute atomic E-state index is 13.5. The summed E-state index contributed by atoms with van der Waals surface area (Å²) in [7, 11) is 0. The van der Waals surface area contributed by atoms with E-state index in [2.05, 4.69) is 27.2 Å². The summed E-state index contributed by atoms with van der Waals surface area (Å²) in [6.07, 6.45) is 8.36. The van der Waals surface area contributed by atoms with Crippen molar-refractivity contribution in [1.29, 1.82) is 0 Å². The second-order valence-electron chi connectivity index (χ2n) is 9.09. The molecule has 29 heavy (non-hydrogen) atoms. The lowest BCUT2D eigenvalue weighted by Crippen LogP contribution is -2.43. The number of halogens is 2. The van der Waals surface area contributed by atoms with Crippen LogP contribution in [0.5, 0.6) is 0 Å². The molecule has 3 heterocycles. The van der Waals surface area contributed by atoms with Crippen molar-refractivity contribution in [3.8, 4) is 0 Å². The zero-order chi connectivity index (χ0) is 19.8. The van der Waals surface area contributed by atoms with Crippen molar-refractivity contribution in [2.24, 2.45) is 23.2 Å². The van der Waals surface area contributed by atoms with Gasteiger partial charge in [-0.15, -0.1) is 0 Å². The molecule has 2 aromatic rings. The van der Waals surface area contributed by atoms with Crippen LogP contribution in [0, 0.1) is 23.2 Å². The van der Waals surface area contributed by atoms with Crippen LogP contribution in [0.2, 0.25) is 0 Å². The first-order chi connectivity index (χ1) is 14.1. The highest BCUT2D eigenvalue weighted by atomic mass is 19.3. The molecule has 2 aromatic heterocycles. The Kier molecular flexibility index (Phi) is 3.65. The van der Waals surface area contributed by atoms with Gasteiger partial charge in [-0.2, -0.15) is 14.6 Å². The number of hydrogen-bond donors (Lipinski definition) is 0.